The van der Waals surface area contributed by atoms with Crippen LogP contribution < -0.4 is 4.74 Å². The lowest BCUT2D eigenvalue weighted by atomic mass is 10.1. The molecule has 5 nitrogen and oxygen atoms in total. The molecule has 5 heteroatoms. The third-order valence-electron chi connectivity index (χ3n) is 4.39. The van der Waals surface area contributed by atoms with Gasteiger partial charge in [-0.15, -0.1) is 0 Å². The van der Waals surface area contributed by atoms with Gasteiger partial charge in [0.15, 0.2) is 0 Å². The van der Waals surface area contributed by atoms with Crippen LogP contribution in [0.2, 0.25) is 0 Å². The molecule has 1 aromatic heterocycles. The zero-order chi connectivity index (χ0) is 16.9. The molecule has 24 heavy (non-hydrogen) atoms. The molecular formula is C19H26N4O. The van der Waals surface area contributed by atoms with Crippen molar-refractivity contribution in [3.63, 3.8) is 0 Å². The summed E-state index contributed by atoms with van der Waals surface area (Å²) in [5, 5.41) is 0. The van der Waals surface area contributed by atoms with Gasteiger partial charge < -0.3 is 9.64 Å². The van der Waals surface area contributed by atoms with E-state index >= 15 is 0 Å². The van der Waals surface area contributed by atoms with E-state index in [1.54, 1.807) is 7.11 Å². The normalized spacial score (nSPS) is 18.2. The Morgan fingerprint density at radius 3 is 2.96 bits per heavy atom. The van der Waals surface area contributed by atoms with Crippen LogP contribution in [0.15, 0.2) is 36.5 Å². The van der Waals surface area contributed by atoms with Crippen molar-refractivity contribution in [3.05, 3.63) is 53.6 Å². The molecule has 1 fully saturated rings. The summed E-state index contributed by atoms with van der Waals surface area (Å²) in [5.74, 6) is 1.86. The Kier molecular flexibility index (Phi) is 5.43. The molecule has 0 bridgehead atoms. The summed E-state index contributed by atoms with van der Waals surface area (Å²) in [6, 6.07) is 10.6. The van der Waals surface area contributed by atoms with E-state index in [4.69, 9.17) is 9.72 Å². The monoisotopic (exact) mass is 326 g/mol. The highest BCUT2D eigenvalue weighted by Crippen LogP contribution is 2.31. The van der Waals surface area contributed by atoms with E-state index in [1.807, 2.05) is 24.4 Å². The van der Waals surface area contributed by atoms with Gasteiger partial charge in [0.1, 0.15) is 11.6 Å². The van der Waals surface area contributed by atoms with Gasteiger partial charge in [-0.2, -0.15) is 0 Å². The van der Waals surface area contributed by atoms with Crippen LogP contribution in [0.4, 0.5) is 0 Å². The molecule has 1 aromatic carbocycles. The average Bonchev–Trinajstić information content (AvgIpc) is 3.03. The Morgan fingerprint density at radius 1 is 1.29 bits per heavy atom. The number of rotatable bonds is 6. The van der Waals surface area contributed by atoms with Gasteiger partial charge >= 0.3 is 0 Å². The third-order valence-corrected chi connectivity index (χ3v) is 4.39. The smallest absolute Gasteiger partial charge is 0.145 e. The van der Waals surface area contributed by atoms with E-state index in [0.717, 1.165) is 43.3 Å². The van der Waals surface area contributed by atoms with Gasteiger partial charge in [0.05, 0.1) is 18.8 Å². The fourth-order valence-corrected chi connectivity index (χ4v) is 3.30. The fourth-order valence-electron chi connectivity index (χ4n) is 3.30. The van der Waals surface area contributed by atoms with Crippen molar-refractivity contribution in [1.29, 1.82) is 0 Å². The molecule has 0 saturated carbocycles. The van der Waals surface area contributed by atoms with Crippen LogP contribution in [0.1, 0.15) is 36.0 Å². The number of ether oxygens (including phenoxy) is 1. The van der Waals surface area contributed by atoms with Crippen molar-refractivity contribution in [1.82, 2.24) is 19.8 Å². The Hall–Kier alpha value is -1.98. The van der Waals surface area contributed by atoms with Crippen LogP contribution >= 0.6 is 0 Å². The lowest BCUT2D eigenvalue weighted by Crippen LogP contribution is -2.25. The Morgan fingerprint density at radius 2 is 2.17 bits per heavy atom. The van der Waals surface area contributed by atoms with Gasteiger partial charge in [-0.3, -0.25) is 4.90 Å². The lowest BCUT2D eigenvalue weighted by molar-refractivity contribution is 0.238. The first-order chi connectivity index (χ1) is 11.7. The highest BCUT2D eigenvalue weighted by atomic mass is 16.5. The van der Waals surface area contributed by atoms with E-state index in [0.29, 0.717) is 6.04 Å². The molecule has 3 rings (SSSR count). The Balaban J connectivity index is 1.75. The van der Waals surface area contributed by atoms with Crippen LogP contribution in [0.5, 0.6) is 5.75 Å². The first-order valence-corrected chi connectivity index (χ1v) is 8.49. The molecule has 0 N–H and O–H groups in total. The Bertz CT molecular complexity index is 674. The summed E-state index contributed by atoms with van der Waals surface area (Å²) < 4.78 is 5.34. The predicted molar refractivity (Wildman–Crippen MR) is 94.8 cm³/mol. The topological polar surface area (TPSA) is 41.5 Å². The highest BCUT2D eigenvalue weighted by Gasteiger charge is 2.28. The fraction of sp³-hybridized carbons (Fsp3) is 0.474. The molecule has 0 spiro atoms. The van der Waals surface area contributed by atoms with E-state index in [9.17, 15) is 0 Å². The second-order valence-electron chi connectivity index (χ2n) is 6.62. The van der Waals surface area contributed by atoms with E-state index in [1.165, 1.54) is 12.0 Å². The van der Waals surface area contributed by atoms with Crippen molar-refractivity contribution in [2.24, 2.45) is 0 Å². The second-order valence-corrected chi connectivity index (χ2v) is 6.62. The van der Waals surface area contributed by atoms with Gasteiger partial charge in [-0.05, 0) is 57.2 Å². The maximum atomic E-state index is 5.34. The maximum Gasteiger partial charge on any atom is 0.145 e. The summed E-state index contributed by atoms with van der Waals surface area (Å²) in [4.78, 5) is 14.0. The molecule has 0 unspecified atom stereocenters. The molecule has 2 aromatic rings. The zero-order valence-corrected chi connectivity index (χ0v) is 14.8. The number of methoxy groups -OCH3 is 1. The number of hydrogen-bond acceptors (Lipinski definition) is 5. The number of nitrogens with zero attached hydrogens (tertiary/aromatic N) is 4. The van der Waals surface area contributed by atoms with E-state index in [-0.39, 0.29) is 0 Å². The molecule has 0 amide bonds. The number of aromatic nitrogens is 2. The molecule has 1 atom stereocenters. The van der Waals surface area contributed by atoms with Gasteiger partial charge in [0.25, 0.3) is 0 Å². The summed E-state index contributed by atoms with van der Waals surface area (Å²) in [6.45, 7) is 2.84. The number of likely N-dealkylation sites (tertiary alicyclic amines) is 1. The third kappa shape index (κ3) is 4.10. The zero-order valence-electron chi connectivity index (χ0n) is 14.8. The van der Waals surface area contributed by atoms with Crippen LogP contribution in [0.25, 0.3) is 0 Å². The first-order valence-electron chi connectivity index (χ1n) is 8.49. The van der Waals surface area contributed by atoms with Crippen molar-refractivity contribution >= 4 is 0 Å². The lowest BCUT2D eigenvalue weighted by Gasteiger charge is -2.24. The SMILES string of the molecule is COc1cccc(CN2CCC[C@@H]2c2nccc(CN(C)C)n2)c1. The van der Waals surface area contributed by atoms with Crippen LogP contribution in [0.3, 0.4) is 0 Å². The summed E-state index contributed by atoms with van der Waals surface area (Å²) in [6.07, 6.45) is 4.20. The van der Waals surface area contributed by atoms with Crippen molar-refractivity contribution < 1.29 is 4.74 Å². The van der Waals surface area contributed by atoms with Crippen LogP contribution in [0, 0.1) is 0 Å². The summed E-state index contributed by atoms with van der Waals surface area (Å²) in [7, 11) is 5.83. The van der Waals surface area contributed by atoms with Gasteiger partial charge in [-0.1, -0.05) is 12.1 Å². The minimum atomic E-state index is 0.304. The summed E-state index contributed by atoms with van der Waals surface area (Å²) >= 11 is 0. The maximum absolute atomic E-state index is 5.34. The minimum absolute atomic E-state index is 0.304. The largest absolute Gasteiger partial charge is 0.497 e. The van der Waals surface area contributed by atoms with E-state index < -0.39 is 0 Å². The van der Waals surface area contributed by atoms with Crippen molar-refractivity contribution in [2.75, 3.05) is 27.7 Å². The van der Waals surface area contributed by atoms with Crippen LogP contribution in [-0.4, -0.2) is 47.5 Å². The standard InChI is InChI=1S/C19H26N4O/c1-22(2)14-16-9-10-20-19(21-16)18-8-5-11-23(18)13-15-6-4-7-17(12-15)24-3/h4,6-7,9-10,12,18H,5,8,11,13-14H2,1-3H3/t18-/m1/s1. The average molecular weight is 326 g/mol. The predicted octanol–water partition coefficient (Wildman–Crippen LogP) is 2.88. The van der Waals surface area contributed by atoms with Crippen molar-refractivity contribution in [2.45, 2.75) is 32.0 Å². The molecule has 1 aliphatic rings. The van der Waals surface area contributed by atoms with Crippen molar-refractivity contribution in [3.8, 4) is 5.75 Å². The van der Waals surface area contributed by atoms with Gasteiger partial charge in [0, 0.05) is 19.3 Å². The van der Waals surface area contributed by atoms with E-state index in [2.05, 4.69) is 41.0 Å². The molecule has 128 valence electrons. The molecule has 0 aliphatic carbocycles. The van der Waals surface area contributed by atoms with Gasteiger partial charge in [-0.25, -0.2) is 9.97 Å². The molecule has 2 heterocycles. The molecular weight excluding hydrogens is 300 g/mol. The minimum Gasteiger partial charge on any atom is -0.497 e. The highest BCUT2D eigenvalue weighted by molar-refractivity contribution is 5.28. The Labute approximate surface area is 144 Å². The number of hydrogen-bond donors (Lipinski definition) is 0. The molecule has 1 aliphatic heterocycles. The second kappa shape index (κ2) is 7.73. The summed E-state index contributed by atoms with van der Waals surface area (Å²) in [5.41, 5.74) is 2.35. The van der Waals surface area contributed by atoms with Crippen LogP contribution in [-0.2, 0) is 13.1 Å². The number of benzene rings is 1. The van der Waals surface area contributed by atoms with Gasteiger partial charge in [0.2, 0.25) is 0 Å². The first kappa shape index (κ1) is 16.9. The quantitative estimate of drug-likeness (QED) is 0.816. The molecule has 1 saturated heterocycles. The molecule has 0 radical (unpaired) electrons.